The molecule has 3 nitrogen and oxygen atoms in total. The minimum Gasteiger partial charge on any atom is -0.479 e. The highest BCUT2D eigenvalue weighted by atomic mass is 16.5. The van der Waals surface area contributed by atoms with Gasteiger partial charge in [0.1, 0.15) is 6.26 Å². The maximum absolute atomic E-state index is 5.22. The van der Waals surface area contributed by atoms with Crippen molar-refractivity contribution in [3.8, 4) is 0 Å². The van der Waals surface area contributed by atoms with Gasteiger partial charge >= 0.3 is 0 Å². The summed E-state index contributed by atoms with van der Waals surface area (Å²) < 4.78 is 4.79. The summed E-state index contributed by atoms with van der Waals surface area (Å²) in [6, 6.07) is 0. The van der Waals surface area contributed by atoms with Crippen LogP contribution in [-0.4, -0.2) is 13.3 Å². The zero-order valence-corrected chi connectivity index (χ0v) is 3.98. The third-order valence-corrected chi connectivity index (χ3v) is 0.828. The van der Waals surface area contributed by atoms with E-state index in [2.05, 4.69) is 5.32 Å². The van der Waals surface area contributed by atoms with E-state index >= 15 is 0 Å². The molecule has 0 aromatic carbocycles. The van der Waals surface area contributed by atoms with E-state index in [1.165, 1.54) is 0 Å². The van der Waals surface area contributed by atoms with E-state index in [-0.39, 0.29) is 0 Å². The summed E-state index contributed by atoms with van der Waals surface area (Å²) in [5, 5.41) is 2.92. The van der Waals surface area contributed by atoms with Crippen LogP contribution in [0.2, 0.25) is 0 Å². The van der Waals surface area contributed by atoms with Crippen molar-refractivity contribution in [3.63, 3.8) is 0 Å². The lowest BCUT2D eigenvalue weighted by Gasteiger charge is -1.91. The third kappa shape index (κ3) is 0.838. The smallest absolute Gasteiger partial charge is 0.158 e. The topological polar surface area (TPSA) is 47.3 Å². The molecule has 0 spiro atoms. The van der Waals surface area contributed by atoms with E-state index in [1.807, 2.05) is 0 Å². The first kappa shape index (κ1) is 4.46. The van der Waals surface area contributed by atoms with Crippen LogP contribution in [0.3, 0.4) is 0 Å². The molecule has 40 valence electrons. The summed E-state index contributed by atoms with van der Waals surface area (Å²) in [6.07, 6.45) is 1.64. The molecule has 0 aromatic heterocycles. The fourth-order valence-corrected chi connectivity index (χ4v) is 0.439. The fraction of sp³-hybridized carbons (Fsp3) is 0.500. The quantitative estimate of drug-likeness (QED) is 0.461. The SMILES string of the molecule is NCC1=COCN1. The zero-order chi connectivity index (χ0) is 5.11. The number of nitrogens with two attached hydrogens (primary N) is 1. The number of ether oxygens (including phenoxy) is 1. The number of rotatable bonds is 1. The van der Waals surface area contributed by atoms with Crippen molar-refractivity contribution in [2.45, 2.75) is 0 Å². The van der Waals surface area contributed by atoms with E-state index in [0.29, 0.717) is 13.3 Å². The van der Waals surface area contributed by atoms with Gasteiger partial charge in [-0.25, -0.2) is 0 Å². The molecule has 0 unspecified atom stereocenters. The maximum Gasteiger partial charge on any atom is 0.158 e. The van der Waals surface area contributed by atoms with Gasteiger partial charge in [0.15, 0.2) is 6.73 Å². The standard InChI is InChI=1S/C4H8N2O/c5-1-4-2-7-3-6-4/h2,6H,1,3,5H2. The first-order valence-corrected chi connectivity index (χ1v) is 2.18. The van der Waals surface area contributed by atoms with Crippen LogP contribution in [0.25, 0.3) is 0 Å². The van der Waals surface area contributed by atoms with E-state index in [1.54, 1.807) is 6.26 Å². The lowest BCUT2D eigenvalue weighted by Crippen LogP contribution is -2.15. The van der Waals surface area contributed by atoms with Gasteiger partial charge in [-0.15, -0.1) is 0 Å². The van der Waals surface area contributed by atoms with Gasteiger partial charge in [-0.3, -0.25) is 0 Å². The predicted molar refractivity (Wildman–Crippen MR) is 26.2 cm³/mol. The van der Waals surface area contributed by atoms with Gasteiger partial charge in [0.05, 0.1) is 5.70 Å². The second-order valence-electron chi connectivity index (χ2n) is 1.33. The van der Waals surface area contributed by atoms with Crippen LogP contribution in [-0.2, 0) is 4.74 Å². The highest BCUT2D eigenvalue weighted by Gasteiger charge is 1.97. The van der Waals surface area contributed by atoms with Crippen LogP contribution in [0.5, 0.6) is 0 Å². The zero-order valence-electron chi connectivity index (χ0n) is 3.98. The van der Waals surface area contributed by atoms with E-state index < -0.39 is 0 Å². The Bertz CT molecular complexity index is 89.7. The van der Waals surface area contributed by atoms with Gasteiger partial charge < -0.3 is 15.8 Å². The molecule has 0 atom stereocenters. The largest absolute Gasteiger partial charge is 0.479 e. The summed E-state index contributed by atoms with van der Waals surface area (Å²) in [4.78, 5) is 0. The summed E-state index contributed by atoms with van der Waals surface area (Å²) in [5.41, 5.74) is 6.20. The van der Waals surface area contributed by atoms with Gasteiger partial charge in [0.2, 0.25) is 0 Å². The molecule has 7 heavy (non-hydrogen) atoms. The molecule has 0 amide bonds. The first-order valence-electron chi connectivity index (χ1n) is 2.18. The number of hydrogen-bond acceptors (Lipinski definition) is 3. The van der Waals surface area contributed by atoms with Crippen LogP contribution in [0.15, 0.2) is 12.0 Å². The molecule has 3 heteroatoms. The number of hydrogen-bond donors (Lipinski definition) is 2. The molecule has 0 saturated heterocycles. The van der Waals surface area contributed by atoms with Crippen LogP contribution in [0, 0.1) is 0 Å². The molecule has 1 aliphatic rings. The van der Waals surface area contributed by atoms with Gasteiger partial charge in [-0.1, -0.05) is 0 Å². The van der Waals surface area contributed by atoms with Crippen LogP contribution >= 0.6 is 0 Å². The lowest BCUT2D eigenvalue weighted by molar-refractivity contribution is 0.267. The maximum atomic E-state index is 5.22. The van der Waals surface area contributed by atoms with Crippen molar-refractivity contribution in [1.82, 2.24) is 5.32 Å². The molecular weight excluding hydrogens is 92.1 g/mol. The Kier molecular flexibility index (Phi) is 1.17. The summed E-state index contributed by atoms with van der Waals surface area (Å²) >= 11 is 0. The highest BCUT2D eigenvalue weighted by molar-refractivity contribution is 4.98. The highest BCUT2D eigenvalue weighted by Crippen LogP contribution is 1.92. The Morgan fingerprint density at radius 2 is 2.86 bits per heavy atom. The molecule has 0 fully saturated rings. The Morgan fingerprint density at radius 1 is 2.00 bits per heavy atom. The van der Waals surface area contributed by atoms with Gasteiger partial charge in [-0.2, -0.15) is 0 Å². The second kappa shape index (κ2) is 1.84. The summed E-state index contributed by atoms with van der Waals surface area (Å²) in [6.45, 7) is 1.12. The van der Waals surface area contributed by atoms with Crippen molar-refractivity contribution in [3.05, 3.63) is 12.0 Å². The van der Waals surface area contributed by atoms with Crippen LogP contribution in [0.1, 0.15) is 0 Å². The molecule has 0 saturated carbocycles. The summed E-state index contributed by atoms with van der Waals surface area (Å²) in [5.74, 6) is 0. The molecule has 1 rings (SSSR count). The minimum atomic E-state index is 0.542. The fourth-order valence-electron chi connectivity index (χ4n) is 0.439. The molecule has 1 heterocycles. The Hall–Kier alpha value is -0.700. The normalized spacial score (nSPS) is 17.6. The summed E-state index contributed by atoms with van der Waals surface area (Å²) in [7, 11) is 0. The van der Waals surface area contributed by atoms with Gasteiger partial charge in [0, 0.05) is 6.54 Å². The Balaban J connectivity index is 2.36. The van der Waals surface area contributed by atoms with Crippen molar-refractivity contribution in [2.24, 2.45) is 5.73 Å². The first-order chi connectivity index (χ1) is 3.43. The molecule has 1 aliphatic heterocycles. The predicted octanol–water partition coefficient (Wildman–Crippen LogP) is -0.636. The lowest BCUT2D eigenvalue weighted by atomic mass is 10.5. The van der Waals surface area contributed by atoms with Gasteiger partial charge in [0.25, 0.3) is 0 Å². The molecule has 0 radical (unpaired) electrons. The average Bonchev–Trinajstić information content (AvgIpc) is 2.14. The van der Waals surface area contributed by atoms with Crippen molar-refractivity contribution in [1.29, 1.82) is 0 Å². The molecule has 0 bridgehead atoms. The molecule has 0 aliphatic carbocycles. The Morgan fingerprint density at radius 3 is 3.14 bits per heavy atom. The monoisotopic (exact) mass is 100 g/mol. The molecule has 3 N–H and O–H groups in total. The van der Waals surface area contributed by atoms with E-state index in [4.69, 9.17) is 10.5 Å². The van der Waals surface area contributed by atoms with Crippen LogP contribution in [0.4, 0.5) is 0 Å². The average molecular weight is 100 g/mol. The van der Waals surface area contributed by atoms with E-state index in [9.17, 15) is 0 Å². The molecule has 0 aromatic rings. The van der Waals surface area contributed by atoms with Crippen molar-refractivity contribution in [2.75, 3.05) is 13.3 Å². The minimum absolute atomic E-state index is 0.542. The van der Waals surface area contributed by atoms with E-state index in [0.717, 1.165) is 5.70 Å². The van der Waals surface area contributed by atoms with Crippen molar-refractivity contribution >= 4 is 0 Å². The van der Waals surface area contributed by atoms with Crippen LogP contribution < -0.4 is 11.1 Å². The molecular formula is C4H8N2O. The van der Waals surface area contributed by atoms with Gasteiger partial charge in [-0.05, 0) is 0 Å². The Labute approximate surface area is 42.1 Å². The third-order valence-electron chi connectivity index (χ3n) is 0.828. The van der Waals surface area contributed by atoms with Crippen molar-refractivity contribution < 1.29 is 4.74 Å². The number of nitrogens with one attached hydrogen (secondary N) is 1. The second-order valence-corrected chi connectivity index (χ2v) is 1.33.